The van der Waals surface area contributed by atoms with Gasteiger partial charge in [-0.2, -0.15) is 0 Å². The van der Waals surface area contributed by atoms with Gasteiger partial charge in [-0.05, 0) is 6.42 Å². The Morgan fingerprint density at radius 1 is 0.882 bits per heavy atom. The van der Waals surface area contributed by atoms with Crippen LogP contribution in [0, 0.1) is 0 Å². The van der Waals surface area contributed by atoms with Crippen LogP contribution in [-0.4, -0.2) is 23.3 Å². The molecule has 2 amide bonds. The first-order valence-corrected chi connectivity index (χ1v) is 6.76. The van der Waals surface area contributed by atoms with Crippen LogP contribution in [0.1, 0.15) is 45.4 Å². The number of unbranched alkanes of at least 4 members (excludes halogenated alkanes) is 5. The van der Waals surface area contributed by atoms with Crippen LogP contribution in [0.3, 0.4) is 0 Å². The van der Waals surface area contributed by atoms with E-state index in [4.69, 9.17) is 23.2 Å². The fraction of sp³-hybridized carbons (Fsp3) is 0.667. The number of amides is 2. The van der Waals surface area contributed by atoms with E-state index in [9.17, 15) is 9.59 Å². The molecule has 17 heavy (non-hydrogen) atoms. The molecule has 1 rings (SSSR count). The minimum atomic E-state index is -0.463. The van der Waals surface area contributed by atoms with Gasteiger partial charge in [-0.3, -0.25) is 14.5 Å². The topological polar surface area (TPSA) is 37.4 Å². The maximum atomic E-state index is 11.5. The van der Waals surface area contributed by atoms with Crippen LogP contribution in [0.5, 0.6) is 0 Å². The van der Waals surface area contributed by atoms with Gasteiger partial charge in [0.05, 0.1) is 0 Å². The van der Waals surface area contributed by atoms with Crippen molar-refractivity contribution in [2.45, 2.75) is 45.4 Å². The molecular formula is C12H17Cl2NO2. The third-order valence-corrected chi connectivity index (χ3v) is 3.59. The lowest BCUT2D eigenvalue weighted by molar-refractivity contribution is -0.137. The van der Waals surface area contributed by atoms with Gasteiger partial charge in [-0.25, -0.2) is 0 Å². The lowest BCUT2D eigenvalue weighted by Gasteiger charge is -2.13. The lowest BCUT2D eigenvalue weighted by Crippen LogP contribution is -2.32. The quantitative estimate of drug-likeness (QED) is 0.528. The van der Waals surface area contributed by atoms with Crippen molar-refractivity contribution in [1.82, 2.24) is 4.90 Å². The van der Waals surface area contributed by atoms with Crippen molar-refractivity contribution in [2.24, 2.45) is 0 Å². The highest BCUT2D eigenvalue weighted by Crippen LogP contribution is 2.26. The average Bonchev–Trinajstić information content (AvgIpc) is 2.50. The lowest BCUT2D eigenvalue weighted by atomic mass is 10.1. The van der Waals surface area contributed by atoms with E-state index in [-0.39, 0.29) is 10.1 Å². The summed E-state index contributed by atoms with van der Waals surface area (Å²) in [6, 6.07) is 0. The molecule has 0 aromatic carbocycles. The molecular weight excluding hydrogens is 261 g/mol. The molecule has 0 aromatic rings. The van der Waals surface area contributed by atoms with Crippen molar-refractivity contribution >= 4 is 35.0 Å². The zero-order valence-electron chi connectivity index (χ0n) is 9.97. The molecule has 0 saturated carbocycles. The normalized spacial score (nSPS) is 16.3. The highest BCUT2D eigenvalue weighted by Gasteiger charge is 2.35. The largest absolute Gasteiger partial charge is 0.274 e. The summed E-state index contributed by atoms with van der Waals surface area (Å²) in [4.78, 5) is 24.2. The second-order valence-electron chi connectivity index (χ2n) is 4.16. The summed E-state index contributed by atoms with van der Waals surface area (Å²) in [6.45, 7) is 2.58. The zero-order valence-corrected chi connectivity index (χ0v) is 11.5. The number of halogens is 2. The molecule has 0 unspecified atom stereocenters. The van der Waals surface area contributed by atoms with Gasteiger partial charge in [-0.15, -0.1) is 0 Å². The zero-order chi connectivity index (χ0) is 12.8. The van der Waals surface area contributed by atoms with Gasteiger partial charge in [-0.1, -0.05) is 62.2 Å². The molecule has 0 radical (unpaired) electrons. The van der Waals surface area contributed by atoms with Crippen LogP contribution < -0.4 is 0 Å². The van der Waals surface area contributed by atoms with Gasteiger partial charge >= 0.3 is 0 Å². The molecule has 1 heterocycles. The molecule has 5 heteroatoms. The summed E-state index contributed by atoms with van der Waals surface area (Å²) in [6.07, 6.45) is 6.62. The number of nitrogens with zero attached hydrogens (tertiary/aromatic N) is 1. The summed E-state index contributed by atoms with van der Waals surface area (Å²) >= 11 is 11.2. The Morgan fingerprint density at radius 2 is 1.35 bits per heavy atom. The van der Waals surface area contributed by atoms with Crippen LogP contribution >= 0.6 is 23.2 Å². The van der Waals surface area contributed by atoms with E-state index in [1.165, 1.54) is 19.3 Å². The van der Waals surface area contributed by atoms with E-state index in [1.54, 1.807) is 0 Å². The monoisotopic (exact) mass is 277 g/mol. The minimum absolute atomic E-state index is 0.150. The number of hydrogen-bond acceptors (Lipinski definition) is 2. The second-order valence-corrected chi connectivity index (χ2v) is 4.91. The minimum Gasteiger partial charge on any atom is -0.273 e. The third kappa shape index (κ3) is 3.71. The van der Waals surface area contributed by atoms with Crippen LogP contribution in [0.25, 0.3) is 0 Å². The maximum Gasteiger partial charge on any atom is 0.274 e. The highest BCUT2D eigenvalue weighted by atomic mass is 35.5. The second kappa shape index (κ2) is 7.02. The number of hydrogen-bond donors (Lipinski definition) is 0. The Labute approximate surface area is 112 Å². The molecule has 1 aliphatic rings. The van der Waals surface area contributed by atoms with Crippen molar-refractivity contribution in [1.29, 1.82) is 0 Å². The first-order valence-electron chi connectivity index (χ1n) is 6.01. The Kier molecular flexibility index (Phi) is 6.00. The molecule has 96 valence electrons. The van der Waals surface area contributed by atoms with E-state index >= 15 is 0 Å². The van der Waals surface area contributed by atoms with Gasteiger partial charge in [0.1, 0.15) is 10.1 Å². The molecule has 0 fully saturated rings. The molecule has 1 aliphatic heterocycles. The number of imide groups is 1. The Hall–Kier alpha value is -0.540. The van der Waals surface area contributed by atoms with Crippen molar-refractivity contribution in [3.8, 4) is 0 Å². The maximum absolute atomic E-state index is 11.5. The highest BCUT2D eigenvalue weighted by molar-refractivity contribution is 6.58. The van der Waals surface area contributed by atoms with E-state index in [1.807, 2.05) is 0 Å². The molecule has 0 bridgehead atoms. The summed E-state index contributed by atoms with van der Waals surface area (Å²) in [5, 5.41) is -0.301. The van der Waals surface area contributed by atoms with E-state index in [2.05, 4.69) is 6.92 Å². The SMILES string of the molecule is CCCCCCCCN1C(=O)C(Cl)=C(Cl)C1=O. The predicted octanol–water partition coefficient (Wildman–Crippen LogP) is 3.40. The number of rotatable bonds is 7. The van der Waals surface area contributed by atoms with Crippen molar-refractivity contribution in [3.05, 3.63) is 10.1 Å². The van der Waals surface area contributed by atoms with Crippen molar-refractivity contribution < 1.29 is 9.59 Å². The molecule has 3 nitrogen and oxygen atoms in total. The number of carbonyl (C=O) groups is 2. The summed E-state index contributed by atoms with van der Waals surface area (Å²) in [5.41, 5.74) is 0. The average molecular weight is 278 g/mol. The Bertz CT molecular complexity index is 315. The first kappa shape index (κ1) is 14.5. The molecule has 0 spiro atoms. The standard InChI is InChI=1S/C12H17Cl2NO2/c1-2-3-4-5-6-7-8-15-11(16)9(13)10(14)12(15)17/h2-8H2,1H3. The fourth-order valence-corrected chi connectivity index (χ4v) is 2.14. The first-order chi connectivity index (χ1) is 8.09. The van der Waals surface area contributed by atoms with Crippen LogP contribution in [-0.2, 0) is 9.59 Å². The third-order valence-electron chi connectivity index (χ3n) is 2.79. The molecule has 0 saturated heterocycles. The van der Waals surface area contributed by atoms with Crippen LogP contribution in [0.2, 0.25) is 0 Å². The molecule has 0 N–H and O–H groups in total. The summed E-state index contributed by atoms with van der Waals surface area (Å²) in [5.74, 6) is -0.926. The van der Waals surface area contributed by atoms with Gasteiger partial charge in [0.15, 0.2) is 0 Å². The van der Waals surface area contributed by atoms with E-state index < -0.39 is 11.8 Å². The van der Waals surface area contributed by atoms with E-state index in [0.29, 0.717) is 6.54 Å². The number of carbonyl (C=O) groups excluding carboxylic acids is 2. The van der Waals surface area contributed by atoms with Crippen molar-refractivity contribution in [3.63, 3.8) is 0 Å². The smallest absolute Gasteiger partial charge is 0.273 e. The predicted molar refractivity (Wildman–Crippen MR) is 68.8 cm³/mol. The van der Waals surface area contributed by atoms with Crippen LogP contribution in [0.15, 0.2) is 10.1 Å². The fourth-order valence-electron chi connectivity index (χ4n) is 1.77. The molecule has 0 aliphatic carbocycles. The van der Waals surface area contributed by atoms with Gasteiger partial charge in [0, 0.05) is 6.54 Å². The van der Waals surface area contributed by atoms with Gasteiger partial charge < -0.3 is 0 Å². The molecule has 0 aromatic heterocycles. The van der Waals surface area contributed by atoms with Crippen molar-refractivity contribution in [2.75, 3.05) is 6.54 Å². The Morgan fingerprint density at radius 3 is 1.88 bits per heavy atom. The Balaban J connectivity index is 2.26. The van der Waals surface area contributed by atoms with Crippen LogP contribution in [0.4, 0.5) is 0 Å². The van der Waals surface area contributed by atoms with Gasteiger partial charge in [0.2, 0.25) is 0 Å². The molecule has 0 atom stereocenters. The summed E-state index contributed by atoms with van der Waals surface area (Å²) < 4.78 is 0. The van der Waals surface area contributed by atoms with Gasteiger partial charge in [0.25, 0.3) is 11.8 Å². The van der Waals surface area contributed by atoms with E-state index in [0.717, 1.165) is 24.2 Å². The summed E-state index contributed by atoms with van der Waals surface area (Å²) in [7, 11) is 0.